The van der Waals surface area contributed by atoms with Gasteiger partial charge in [-0.05, 0) is 30.7 Å². The van der Waals surface area contributed by atoms with E-state index < -0.39 is 0 Å². The van der Waals surface area contributed by atoms with Gasteiger partial charge in [-0.15, -0.1) is 0 Å². The molecule has 2 heterocycles. The van der Waals surface area contributed by atoms with Crippen LogP contribution in [0.15, 0.2) is 24.5 Å². The van der Waals surface area contributed by atoms with Crippen molar-refractivity contribution in [1.29, 1.82) is 0 Å². The average Bonchev–Trinajstić information content (AvgIpc) is 2.37. The summed E-state index contributed by atoms with van der Waals surface area (Å²) in [7, 11) is 0. The van der Waals surface area contributed by atoms with Crippen molar-refractivity contribution >= 4 is 0 Å². The van der Waals surface area contributed by atoms with E-state index in [1.165, 1.54) is 5.56 Å². The van der Waals surface area contributed by atoms with Crippen LogP contribution in [-0.4, -0.2) is 37.3 Å². The van der Waals surface area contributed by atoms with E-state index in [4.69, 9.17) is 4.74 Å². The Balaban J connectivity index is 1.58. The highest BCUT2D eigenvalue weighted by atomic mass is 16.5. The van der Waals surface area contributed by atoms with Crippen molar-refractivity contribution in [2.24, 2.45) is 0 Å². The number of aromatic nitrogens is 1. The zero-order chi connectivity index (χ0) is 11.1. The lowest BCUT2D eigenvalue weighted by Crippen LogP contribution is -2.39. The van der Waals surface area contributed by atoms with Crippen molar-refractivity contribution < 1.29 is 4.74 Å². The maximum atomic E-state index is 5.62. The molecule has 0 amide bonds. The molecule has 1 fully saturated rings. The van der Waals surface area contributed by atoms with Crippen molar-refractivity contribution in [3.8, 4) is 0 Å². The molecule has 0 saturated carbocycles. The summed E-state index contributed by atoms with van der Waals surface area (Å²) in [5.41, 5.74) is 1.28. The predicted octanol–water partition coefficient (Wildman–Crippen LogP) is 0.550. The van der Waals surface area contributed by atoms with E-state index in [1.54, 1.807) is 0 Å². The first-order valence-corrected chi connectivity index (χ1v) is 5.87. The van der Waals surface area contributed by atoms with Gasteiger partial charge < -0.3 is 15.4 Å². The molecular weight excluding hydrogens is 202 g/mol. The molecule has 1 unspecified atom stereocenters. The number of rotatable bonds is 5. The van der Waals surface area contributed by atoms with E-state index in [0.29, 0.717) is 6.10 Å². The van der Waals surface area contributed by atoms with Crippen molar-refractivity contribution in [3.05, 3.63) is 30.1 Å². The van der Waals surface area contributed by atoms with Gasteiger partial charge in [0.25, 0.3) is 0 Å². The molecule has 1 aliphatic rings. The van der Waals surface area contributed by atoms with Gasteiger partial charge in [0.1, 0.15) is 0 Å². The molecule has 1 aromatic heterocycles. The molecule has 4 heteroatoms. The third-order valence-electron chi connectivity index (χ3n) is 2.73. The lowest BCUT2D eigenvalue weighted by molar-refractivity contribution is 0.0238. The number of hydrogen-bond donors (Lipinski definition) is 2. The molecule has 1 aromatic rings. The molecule has 88 valence electrons. The Hall–Kier alpha value is -0.970. The Morgan fingerprint density at radius 3 is 3.06 bits per heavy atom. The summed E-state index contributed by atoms with van der Waals surface area (Å²) in [5.74, 6) is 0. The molecule has 0 aliphatic carbocycles. The minimum absolute atomic E-state index is 0.374. The van der Waals surface area contributed by atoms with Gasteiger partial charge in [-0.1, -0.05) is 0 Å². The van der Waals surface area contributed by atoms with Crippen LogP contribution in [0.3, 0.4) is 0 Å². The van der Waals surface area contributed by atoms with E-state index in [2.05, 4.69) is 15.6 Å². The maximum absolute atomic E-state index is 5.62. The highest BCUT2D eigenvalue weighted by molar-refractivity contribution is 5.08. The van der Waals surface area contributed by atoms with Crippen molar-refractivity contribution in [2.45, 2.75) is 19.1 Å². The molecule has 1 saturated heterocycles. The minimum atomic E-state index is 0.374. The van der Waals surface area contributed by atoms with Gasteiger partial charge in [-0.25, -0.2) is 0 Å². The Morgan fingerprint density at radius 1 is 1.44 bits per heavy atom. The minimum Gasteiger partial charge on any atom is -0.376 e. The quantitative estimate of drug-likeness (QED) is 0.713. The highest BCUT2D eigenvalue weighted by Gasteiger charge is 2.11. The number of morpholine rings is 1. The first kappa shape index (κ1) is 11.5. The first-order valence-electron chi connectivity index (χ1n) is 5.87. The number of nitrogens with one attached hydrogen (secondary N) is 2. The van der Waals surface area contributed by atoms with Gasteiger partial charge in [0.05, 0.1) is 12.7 Å². The number of pyridine rings is 1. The molecule has 16 heavy (non-hydrogen) atoms. The molecule has 0 radical (unpaired) electrons. The lowest BCUT2D eigenvalue weighted by Gasteiger charge is -2.23. The fourth-order valence-corrected chi connectivity index (χ4v) is 1.80. The third kappa shape index (κ3) is 3.89. The van der Waals surface area contributed by atoms with E-state index in [-0.39, 0.29) is 0 Å². The van der Waals surface area contributed by atoms with Gasteiger partial charge in [0.15, 0.2) is 0 Å². The second-order valence-corrected chi connectivity index (χ2v) is 4.02. The molecule has 4 nitrogen and oxygen atoms in total. The van der Waals surface area contributed by atoms with Crippen LogP contribution in [0.1, 0.15) is 12.0 Å². The summed E-state index contributed by atoms with van der Waals surface area (Å²) in [4.78, 5) is 3.99. The van der Waals surface area contributed by atoms with Crippen LogP contribution in [0.4, 0.5) is 0 Å². The molecule has 2 rings (SSSR count). The molecule has 0 bridgehead atoms. The molecule has 0 spiro atoms. The molecular formula is C12H19N3O. The van der Waals surface area contributed by atoms with Gasteiger partial charge in [-0.2, -0.15) is 0 Å². The van der Waals surface area contributed by atoms with Crippen molar-refractivity contribution in [1.82, 2.24) is 15.6 Å². The number of nitrogens with zero attached hydrogens (tertiary/aromatic N) is 1. The molecule has 1 aliphatic heterocycles. The summed E-state index contributed by atoms with van der Waals surface area (Å²) in [6, 6.07) is 4.07. The zero-order valence-corrected chi connectivity index (χ0v) is 9.48. The van der Waals surface area contributed by atoms with Crippen LogP contribution in [0.2, 0.25) is 0 Å². The SMILES string of the molecule is c1cc(CNCCC2CNCCO2)ccn1. The summed E-state index contributed by atoms with van der Waals surface area (Å²) in [6.07, 6.45) is 5.09. The maximum Gasteiger partial charge on any atom is 0.0712 e. The summed E-state index contributed by atoms with van der Waals surface area (Å²) in [5, 5.41) is 6.75. The third-order valence-corrected chi connectivity index (χ3v) is 2.73. The van der Waals surface area contributed by atoms with Crippen LogP contribution in [-0.2, 0) is 11.3 Å². The van der Waals surface area contributed by atoms with E-state index in [0.717, 1.165) is 39.2 Å². The van der Waals surface area contributed by atoms with Crippen molar-refractivity contribution in [3.63, 3.8) is 0 Å². The fourth-order valence-electron chi connectivity index (χ4n) is 1.80. The van der Waals surface area contributed by atoms with Gasteiger partial charge in [0.2, 0.25) is 0 Å². The molecule has 2 N–H and O–H groups in total. The normalized spacial score (nSPS) is 20.9. The Morgan fingerprint density at radius 2 is 2.31 bits per heavy atom. The van der Waals surface area contributed by atoms with E-state index in [9.17, 15) is 0 Å². The Bertz CT molecular complexity index is 286. The van der Waals surface area contributed by atoms with Crippen LogP contribution < -0.4 is 10.6 Å². The monoisotopic (exact) mass is 221 g/mol. The average molecular weight is 221 g/mol. The van der Waals surface area contributed by atoms with E-state index >= 15 is 0 Å². The first-order chi connectivity index (χ1) is 7.95. The number of hydrogen-bond acceptors (Lipinski definition) is 4. The lowest BCUT2D eigenvalue weighted by atomic mass is 10.2. The van der Waals surface area contributed by atoms with Crippen LogP contribution in [0, 0.1) is 0 Å². The smallest absolute Gasteiger partial charge is 0.0712 e. The van der Waals surface area contributed by atoms with Crippen LogP contribution >= 0.6 is 0 Å². The zero-order valence-electron chi connectivity index (χ0n) is 9.48. The second kappa shape index (κ2) is 6.58. The molecule has 1 atom stereocenters. The van der Waals surface area contributed by atoms with Gasteiger partial charge in [-0.3, -0.25) is 4.98 Å². The highest BCUT2D eigenvalue weighted by Crippen LogP contribution is 2.00. The Kier molecular flexibility index (Phi) is 4.73. The summed E-state index contributed by atoms with van der Waals surface area (Å²) in [6.45, 7) is 4.71. The fraction of sp³-hybridized carbons (Fsp3) is 0.583. The second-order valence-electron chi connectivity index (χ2n) is 4.02. The topological polar surface area (TPSA) is 46.2 Å². The standard InChI is InChI=1S/C12H19N3O/c1-4-13-5-2-11(1)9-14-6-3-12-10-15-7-8-16-12/h1-2,4-5,12,14-15H,3,6-10H2. The van der Waals surface area contributed by atoms with Crippen LogP contribution in [0.25, 0.3) is 0 Å². The molecule has 0 aromatic carbocycles. The summed E-state index contributed by atoms with van der Waals surface area (Å²) >= 11 is 0. The predicted molar refractivity (Wildman–Crippen MR) is 63.2 cm³/mol. The van der Waals surface area contributed by atoms with Gasteiger partial charge in [0, 0.05) is 32.0 Å². The summed E-state index contributed by atoms with van der Waals surface area (Å²) < 4.78 is 5.62. The Labute approximate surface area is 96.4 Å². The van der Waals surface area contributed by atoms with E-state index in [1.807, 2.05) is 24.5 Å². The number of ether oxygens (including phenoxy) is 1. The van der Waals surface area contributed by atoms with Crippen LogP contribution in [0.5, 0.6) is 0 Å². The largest absolute Gasteiger partial charge is 0.376 e. The van der Waals surface area contributed by atoms with Gasteiger partial charge >= 0.3 is 0 Å². The van der Waals surface area contributed by atoms with Crippen molar-refractivity contribution in [2.75, 3.05) is 26.2 Å².